The molecule has 4 aliphatic heterocycles. The smallest absolute Gasteiger partial charge is 0.329 e. The van der Waals surface area contributed by atoms with Crippen LogP contribution in [0.1, 0.15) is 117 Å². The van der Waals surface area contributed by atoms with E-state index in [1.165, 1.54) is 95.0 Å². The third kappa shape index (κ3) is 4.78. The first-order chi connectivity index (χ1) is 26.8. The molecular weight excluding hydrogens is 697 g/mol. The van der Waals surface area contributed by atoms with Gasteiger partial charge in [0.15, 0.2) is 0 Å². The van der Waals surface area contributed by atoms with Crippen LogP contribution in [0, 0.1) is 13.8 Å². The molecule has 56 heavy (non-hydrogen) atoms. The number of benzene rings is 6. The van der Waals surface area contributed by atoms with Gasteiger partial charge in [-0.15, -0.1) is 0 Å². The molecule has 0 N–H and O–H groups in total. The number of rotatable bonds is 3. The van der Waals surface area contributed by atoms with Crippen LogP contribution >= 0.6 is 11.8 Å². The van der Waals surface area contributed by atoms with Crippen LogP contribution in [-0.2, 0) is 22.7 Å². The summed E-state index contributed by atoms with van der Waals surface area (Å²) >= 11 is 1.85. The van der Waals surface area contributed by atoms with Crippen molar-refractivity contribution in [1.82, 2.24) is 0 Å². The van der Waals surface area contributed by atoms with Crippen LogP contribution in [0.25, 0.3) is 11.1 Å². The maximum absolute atomic E-state index is 6.79. The summed E-state index contributed by atoms with van der Waals surface area (Å²) < 4.78 is 6.79. The first kappa shape index (κ1) is 34.6. The van der Waals surface area contributed by atoms with E-state index >= 15 is 0 Å². The van der Waals surface area contributed by atoms with E-state index in [0.29, 0.717) is 0 Å². The molecule has 11 rings (SSSR count). The van der Waals surface area contributed by atoms with E-state index in [9.17, 15) is 0 Å². The Labute approximate surface area is 337 Å². The molecule has 1 aliphatic carbocycles. The Bertz CT molecular complexity index is 2690. The largest absolute Gasteiger partial charge is 0.455 e. The Kier molecular flexibility index (Phi) is 7.22. The molecule has 6 aromatic rings. The van der Waals surface area contributed by atoms with Crippen molar-refractivity contribution in [3.05, 3.63) is 153 Å². The van der Waals surface area contributed by atoms with Crippen LogP contribution in [0.3, 0.4) is 0 Å². The van der Waals surface area contributed by atoms with E-state index < -0.39 is 0 Å². The van der Waals surface area contributed by atoms with Crippen molar-refractivity contribution in [3.8, 4) is 22.6 Å². The second-order valence-electron chi connectivity index (χ2n) is 19.2. The highest BCUT2D eigenvalue weighted by molar-refractivity contribution is 7.99. The zero-order chi connectivity index (χ0) is 38.5. The van der Waals surface area contributed by atoms with Gasteiger partial charge in [0, 0.05) is 28.3 Å². The van der Waals surface area contributed by atoms with Crippen LogP contribution in [0.4, 0.5) is 11.4 Å². The standard InChI is InChI=1S/C52H50BNOS/c1-30-24-36-33(21-20-32-27-41-40(26-31(32)2)50(3,4)22-23-51(41,5)6)35-28-45-47(56-46-19-12-11-18-44(46)55-45)29-42(35)53-48(36)37(25-30)34-14-13-16-39-49(34)54(53)43-17-10-9-15-38(43)52(39,7)8/h9-19,24-29,33H,20-23H2,1-8H3. The van der Waals surface area contributed by atoms with E-state index in [1.54, 1.807) is 11.1 Å². The van der Waals surface area contributed by atoms with Gasteiger partial charge in [0.25, 0.3) is 0 Å². The van der Waals surface area contributed by atoms with E-state index in [4.69, 9.17) is 4.74 Å². The SMILES string of the molecule is Cc1cc2c3c(c1)C(CCc1cc4c(cc1C)C(C)(C)CCC4(C)C)c1cc4c(cc1B3N1c3ccccc3C(C)(C)c3cccc-2c31)Sc1ccccc1O4. The summed E-state index contributed by atoms with van der Waals surface area (Å²) in [5.74, 6) is 2.17. The second-order valence-corrected chi connectivity index (χ2v) is 20.3. The van der Waals surface area contributed by atoms with Gasteiger partial charge in [-0.3, -0.25) is 0 Å². The Morgan fingerprint density at radius 2 is 1.41 bits per heavy atom. The minimum atomic E-state index is -0.123. The molecule has 1 atom stereocenters. The lowest BCUT2D eigenvalue weighted by molar-refractivity contribution is 0.331. The van der Waals surface area contributed by atoms with Crippen molar-refractivity contribution in [2.75, 3.05) is 4.81 Å². The molecule has 278 valence electrons. The lowest BCUT2D eigenvalue weighted by atomic mass is 9.39. The molecule has 0 saturated heterocycles. The molecule has 1 unspecified atom stereocenters. The zero-order valence-corrected chi connectivity index (χ0v) is 34.9. The van der Waals surface area contributed by atoms with Crippen molar-refractivity contribution >= 4 is 40.9 Å². The summed E-state index contributed by atoms with van der Waals surface area (Å²) in [6.07, 6.45) is 4.54. The summed E-state index contributed by atoms with van der Waals surface area (Å²) in [5.41, 5.74) is 21.7. The molecule has 0 bridgehead atoms. The lowest BCUT2D eigenvalue weighted by Crippen LogP contribution is -2.63. The molecule has 0 amide bonds. The van der Waals surface area contributed by atoms with Crippen molar-refractivity contribution in [2.45, 2.75) is 113 Å². The van der Waals surface area contributed by atoms with E-state index in [-0.39, 0.29) is 29.0 Å². The fraction of sp³-hybridized carbons (Fsp3) is 0.308. The van der Waals surface area contributed by atoms with Gasteiger partial charge in [0.1, 0.15) is 11.5 Å². The topological polar surface area (TPSA) is 12.5 Å². The number of hydrogen-bond acceptors (Lipinski definition) is 3. The summed E-state index contributed by atoms with van der Waals surface area (Å²) in [6.45, 7) is 19.3. The number of anilines is 2. The predicted octanol–water partition coefficient (Wildman–Crippen LogP) is 12.6. The molecule has 4 heterocycles. The van der Waals surface area contributed by atoms with Crippen LogP contribution in [0.5, 0.6) is 11.5 Å². The van der Waals surface area contributed by atoms with E-state index in [1.807, 2.05) is 11.8 Å². The molecule has 2 nitrogen and oxygen atoms in total. The van der Waals surface area contributed by atoms with Gasteiger partial charge in [-0.25, -0.2) is 0 Å². The van der Waals surface area contributed by atoms with Crippen molar-refractivity contribution in [2.24, 2.45) is 0 Å². The molecule has 0 saturated carbocycles. The number of hydrogen-bond donors (Lipinski definition) is 0. The minimum absolute atomic E-state index is 0.0503. The zero-order valence-electron chi connectivity index (χ0n) is 34.1. The second kappa shape index (κ2) is 11.7. The quantitative estimate of drug-likeness (QED) is 0.167. The van der Waals surface area contributed by atoms with E-state index in [2.05, 4.69) is 163 Å². The average molecular weight is 748 g/mol. The van der Waals surface area contributed by atoms with Crippen LogP contribution in [0.2, 0.25) is 0 Å². The first-order valence-electron chi connectivity index (χ1n) is 20.8. The van der Waals surface area contributed by atoms with Crippen LogP contribution < -0.4 is 20.5 Å². The Balaban J connectivity index is 1.14. The first-order valence-corrected chi connectivity index (χ1v) is 21.6. The van der Waals surface area contributed by atoms with Gasteiger partial charge in [0.05, 0.1) is 9.79 Å². The van der Waals surface area contributed by atoms with Crippen molar-refractivity contribution < 1.29 is 4.74 Å². The monoisotopic (exact) mass is 747 g/mol. The Morgan fingerprint density at radius 1 is 0.679 bits per heavy atom. The molecule has 0 spiro atoms. The summed E-state index contributed by atoms with van der Waals surface area (Å²) in [7, 11) is 0. The van der Waals surface area contributed by atoms with Gasteiger partial charge in [-0.2, -0.15) is 0 Å². The molecular formula is C52H50BNOS. The maximum Gasteiger partial charge on any atom is 0.329 e. The van der Waals surface area contributed by atoms with Gasteiger partial charge in [-0.1, -0.05) is 132 Å². The maximum atomic E-state index is 6.79. The highest BCUT2D eigenvalue weighted by Gasteiger charge is 2.50. The highest BCUT2D eigenvalue weighted by Crippen LogP contribution is 2.56. The predicted molar refractivity (Wildman–Crippen MR) is 236 cm³/mol. The fourth-order valence-corrected chi connectivity index (χ4v) is 12.3. The molecule has 4 heteroatoms. The van der Waals surface area contributed by atoms with Crippen molar-refractivity contribution in [3.63, 3.8) is 0 Å². The summed E-state index contributed by atoms with van der Waals surface area (Å²) in [4.78, 5) is 5.12. The Hall–Kier alpha value is -4.67. The Morgan fingerprint density at radius 3 is 2.23 bits per heavy atom. The molecule has 0 radical (unpaired) electrons. The van der Waals surface area contributed by atoms with Gasteiger partial charge in [0.2, 0.25) is 0 Å². The van der Waals surface area contributed by atoms with Gasteiger partial charge >= 0.3 is 6.85 Å². The molecule has 0 fully saturated rings. The number of fused-ring (bicyclic) bond motifs is 9. The van der Waals surface area contributed by atoms with Gasteiger partial charge < -0.3 is 9.55 Å². The summed E-state index contributed by atoms with van der Waals surface area (Å²) in [6, 6.07) is 39.9. The third-order valence-corrected chi connectivity index (χ3v) is 15.6. The number of aryl methyl sites for hydroxylation is 3. The third-order valence-electron chi connectivity index (χ3n) is 14.5. The van der Waals surface area contributed by atoms with Gasteiger partial charge in [-0.05, 0) is 142 Å². The van der Waals surface area contributed by atoms with E-state index in [0.717, 1.165) is 24.3 Å². The minimum Gasteiger partial charge on any atom is -0.455 e. The van der Waals surface area contributed by atoms with Crippen LogP contribution in [0.15, 0.2) is 113 Å². The number of ether oxygens (including phenoxy) is 1. The molecule has 6 aromatic carbocycles. The normalized spacial score (nSPS) is 19.3. The lowest BCUT2D eigenvalue weighted by Gasteiger charge is -2.51. The molecule has 0 aromatic heterocycles. The highest BCUT2D eigenvalue weighted by atomic mass is 32.2. The van der Waals surface area contributed by atoms with Crippen LogP contribution in [-0.4, -0.2) is 6.85 Å². The summed E-state index contributed by atoms with van der Waals surface area (Å²) in [5, 5.41) is 0. The number of para-hydroxylation sites is 3. The average Bonchev–Trinajstić information content (AvgIpc) is 3.17. The number of nitrogens with zero attached hydrogens (tertiary/aromatic N) is 1. The fourth-order valence-electron chi connectivity index (χ4n) is 11.3. The van der Waals surface area contributed by atoms with Crippen molar-refractivity contribution in [1.29, 1.82) is 0 Å². The molecule has 5 aliphatic rings.